The van der Waals surface area contributed by atoms with Gasteiger partial charge in [0.15, 0.2) is 0 Å². The monoisotopic (exact) mass is 141 g/mol. The molecule has 2 nitrogen and oxygen atoms in total. The number of nitrogens with zero attached hydrogens (tertiary/aromatic N) is 1. The number of aliphatic hydroxyl groups is 1. The van der Waals surface area contributed by atoms with Crippen molar-refractivity contribution in [3.63, 3.8) is 0 Å². The molecule has 1 atom stereocenters. The average Bonchev–Trinajstić information content (AvgIpc) is 1.81. The first-order valence-electron chi connectivity index (χ1n) is 3.58. The maximum atomic E-state index is 9.25. The number of rotatable bonds is 3. The van der Waals surface area contributed by atoms with E-state index in [9.17, 15) is 5.11 Å². The van der Waals surface area contributed by atoms with E-state index in [-0.39, 0.29) is 5.92 Å². The Hall–Kier alpha value is -0.550. The summed E-state index contributed by atoms with van der Waals surface area (Å²) in [7, 11) is 0. The normalized spacial score (nSPS) is 14.3. The molecule has 0 saturated heterocycles. The van der Waals surface area contributed by atoms with Crippen LogP contribution >= 0.6 is 0 Å². The van der Waals surface area contributed by atoms with E-state index in [0.717, 1.165) is 6.42 Å². The lowest BCUT2D eigenvalue weighted by molar-refractivity contribution is 0.0663. The van der Waals surface area contributed by atoms with Crippen LogP contribution in [0, 0.1) is 17.2 Å². The largest absolute Gasteiger partial charge is 0.390 e. The van der Waals surface area contributed by atoms with Gasteiger partial charge in [-0.15, -0.1) is 0 Å². The van der Waals surface area contributed by atoms with Crippen molar-refractivity contribution < 1.29 is 5.11 Å². The van der Waals surface area contributed by atoms with Crippen LogP contribution in [0.2, 0.25) is 0 Å². The van der Waals surface area contributed by atoms with E-state index in [1.54, 1.807) is 13.8 Å². The first-order chi connectivity index (χ1) is 4.45. The molecule has 0 bridgehead atoms. The van der Waals surface area contributed by atoms with Crippen LogP contribution in [0.3, 0.4) is 0 Å². The molecule has 0 aromatic heterocycles. The molecule has 0 heterocycles. The Kier molecular flexibility index (Phi) is 3.38. The molecule has 0 radical (unpaired) electrons. The van der Waals surface area contributed by atoms with Gasteiger partial charge in [-0.05, 0) is 33.6 Å². The molecule has 0 amide bonds. The smallest absolute Gasteiger partial charge is 0.0652 e. The van der Waals surface area contributed by atoms with Crippen LogP contribution in [0.15, 0.2) is 0 Å². The third-order valence-electron chi connectivity index (χ3n) is 1.41. The Labute approximate surface area is 62.5 Å². The Bertz CT molecular complexity index is 129. The first-order valence-corrected chi connectivity index (χ1v) is 3.58. The lowest BCUT2D eigenvalue weighted by atomic mass is 9.97. The summed E-state index contributed by atoms with van der Waals surface area (Å²) in [6.45, 7) is 5.39. The Morgan fingerprint density at radius 1 is 1.60 bits per heavy atom. The summed E-state index contributed by atoms with van der Waals surface area (Å²) in [5.41, 5.74) is -0.620. The molecule has 0 aromatic rings. The van der Waals surface area contributed by atoms with Gasteiger partial charge < -0.3 is 5.11 Å². The quantitative estimate of drug-likeness (QED) is 0.650. The molecule has 0 spiro atoms. The van der Waals surface area contributed by atoms with Crippen LogP contribution in [0.1, 0.15) is 33.6 Å². The van der Waals surface area contributed by atoms with Gasteiger partial charge in [-0.1, -0.05) is 0 Å². The Morgan fingerprint density at radius 3 is 2.40 bits per heavy atom. The average molecular weight is 141 g/mol. The highest BCUT2D eigenvalue weighted by Gasteiger charge is 2.13. The summed E-state index contributed by atoms with van der Waals surface area (Å²) >= 11 is 0. The summed E-state index contributed by atoms with van der Waals surface area (Å²) in [5, 5.41) is 17.7. The van der Waals surface area contributed by atoms with E-state index in [4.69, 9.17) is 5.26 Å². The molecule has 2 heteroatoms. The molecule has 1 unspecified atom stereocenters. The highest BCUT2D eigenvalue weighted by molar-refractivity contribution is 4.80. The van der Waals surface area contributed by atoms with Crippen LogP contribution in [-0.2, 0) is 0 Å². The number of nitriles is 1. The van der Waals surface area contributed by atoms with E-state index < -0.39 is 5.60 Å². The molecule has 0 aliphatic heterocycles. The van der Waals surface area contributed by atoms with Gasteiger partial charge in [-0.25, -0.2) is 0 Å². The molecule has 0 rings (SSSR count). The van der Waals surface area contributed by atoms with Crippen molar-refractivity contribution in [1.82, 2.24) is 0 Å². The number of hydrogen-bond acceptors (Lipinski definition) is 2. The lowest BCUT2D eigenvalue weighted by Gasteiger charge is -2.16. The Balaban J connectivity index is 3.48. The van der Waals surface area contributed by atoms with Crippen molar-refractivity contribution in [3.05, 3.63) is 0 Å². The molecule has 0 aliphatic rings. The molecule has 10 heavy (non-hydrogen) atoms. The van der Waals surface area contributed by atoms with Crippen molar-refractivity contribution in [2.24, 2.45) is 5.92 Å². The van der Waals surface area contributed by atoms with Crippen molar-refractivity contribution in [2.45, 2.75) is 39.2 Å². The molecular formula is C8H15NO. The first kappa shape index (κ1) is 9.45. The van der Waals surface area contributed by atoms with Crippen LogP contribution in [0.25, 0.3) is 0 Å². The number of hydrogen-bond donors (Lipinski definition) is 1. The van der Waals surface area contributed by atoms with Crippen molar-refractivity contribution in [1.29, 1.82) is 5.26 Å². The van der Waals surface area contributed by atoms with E-state index in [0.29, 0.717) is 6.42 Å². The molecule has 0 fully saturated rings. The summed E-state index contributed by atoms with van der Waals surface area (Å²) in [4.78, 5) is 0. The van der Waals surface area contributed by atoms with Gasteiger partial charge in [-0.3, -0.25) is 0 Å². The molecule has 58 valence electrons. The summed E-state index contributed by atoms with van der Waals surface area (Å²) in [6, 6.07) is 2.13. The molecule has 0 aromatic carbocycles. The zero-order chi connectivity index (χ0) is 8.20. The van der Waals surface area contributed by atoms with Gasteiger partial charge in [0.1, 0.15) is 0 Å². The summed E-state index contributed by atoms with van der Waals surface area (Å²) < 4.78 is 0. The van der Waals surface area contributed by atoms with Crippen LogP contribution in [0.5, 0.6) is 0 Å². The lowest BCUT2D eigenvalue weighted by Crippen LogP contribution is -2.18. The maximum absolute atomic E-state index is 9.25. The van der Waals surface area contributed by atoms with Gasteiger partial charge in [0.2, 0.25) is 0 Å². The van der Waals surface area contributed by atoms with E-state index >= 15 is 0 Å². The zero-order valence-corrected chi connectivity index (χ0v) is 6.89. The second-order valence-electron chi connectivity index (χ2n) is 3.38. The van der Waals surface area contributed by atoms with Gasteiger partial charge >= 0.3 is 0 Å². The van der Waals surface area contributed by atoms with Crippen LogP contribution < -0.4 is 0 Å². The molecule has 1 N–H and O–H groups in total. The standard InChI is InChI=1S/C8H15NO/c1-7(6-9)4-5-8(2,3)10/h7,10H,4-5H2,1-3H3. The maximum Gasteiger partial charge on any atom is 0.0652 e. The van der Waals surface area contributed by atoms with Crippen molar-refractivity contribution >= 4 is 0 Å². The fourth-order valence-electron chi connectivity index (χ4n) is 0.634. The predicted molar refractivity (Wildman–Crippen MR) is 40.3 cm³/mol. The summed E-state index contributed by atoms with van der Waals surface area (Å²) in [6.07, 6.45) is 1.47. The fraction of sp³-hybridized carbons (Fsp3) is 0.875. The topological polar surface area (TPSA) is 44.0 Å². The molecular weight excluding hydrogens is 126 g/mol. The SMILES string of the molecule is CC(C#N)CCC(C)(C)O. The highest BCUT2D eigenvalue weighted by atomic mass is 16.3. The minimum Gasteiger partial charge on any atom is -0.390 e. The molecule has 0 aliphatic carbocycles. The second-order valence-corrected chi connectivity index (χ2v) is 3.38. The van der Waals surface area contributed by atoms with Gasteiger partial charge in [0, 0.05) is 5.92 Å². The van der Waals surface area contributed by atoms with E-state index in [2.05, 4.69) is 6.07 Å². The highest BCUT2D eigenvalue weighted by Crippen LogP contribution is 2.14. The minimum absolute atomic E-state index is 0.0615. The zero-order valence-electron chi connectivity index (χ0n) is 6.89. The van der Waals surface area contributed by atoms with Crippen LogP contribution in [0.4, 0.5) is 0 Å². The molecule has 0 saturated carbocycles. The third-order valence-corrected chi connectivity index (χ3v) is 1.41. The predicted octanol–water partition coefficient (Wildman–Crippen LogP) is 1.70. The minimum atomic E-state index is -0.620. The van der Waals surface area contributed by atoms with Gasteiger partial charge in [0.25, 0.3) is 0 Å². The van der Waals surface area contributed by atoms with E-state index in [1.807, 2.05) is 6.92 Å². The Morgan fingerprint density at radius 2 is 2.10 bits per heavy atom. The second kappa shape index (κ2) is 3.58. The van der Waals surface area contributed by atoms with Crippen LogP contribution in [-0.4, -0.2) is 10.7 Å². The van der Waals surface area contributed by atoms with E-state index in [1.165, 1.54) is 0 Å². The van der Waals surface area contributed by atoms with Gasteiger partial charge in [0.05, 0.1) is 11.7 Å². The third kappa shape index (κ3) is 5.58. The van der Waals surface area contributed by atoms with Crippen molar-refractivity contribution in [2.75, 3.05) is 0 Å². The van der Waals surface area contributed by atoms with Crippen molar-refractivity contribution in [3.8, 4) is 6.07 Å². The summed E-state index contributed by atoms with van der Waals surface area (Å²) in [5.74, 6) is 0.0615. The van der Waals surface area contributed by atoms with Gasteiger partial charge in [-0.2, -0.15) is 5.26 Å². The fourth-order valence-corrected chi connectivity index (χ4v) is 0.634.